The molecule has 126 valence electrons. The van der Waals surface area contributed by atoms with Crippen molar-refractivity contribution in [3.63, 3.8) is 0 Å². The zero-order valence-corrected chi connectivity index (χ0v) is 15.5. The highest BCUT2D eigenvalue weighted by molar-refractivity contribution is 9.10. The Morgan fingerprint density at radius 3 is 2.50 bits per heavy atom. The third-order valence-corrected chi connectivity index (χ3v) is 6.36. The van der Waals surface area contributed by atoms with Crippen molar-refractivity contribution in [1.29, 1.82) is 0 Å². The minimum atomic E-state index is -3.24. The lowest BCUT2D eigenvalue weighted by Crippen LogP contribution is -2.25. The quantitative estimate of drug-likeness (QED) is 0.843. The summed E-state index contributed by atoms with van der Waals surface area (Å²) in [6.07, 6.45) is 0.622. The maximum absolute atomic E-state index is 12.4. The Bertz CT molecular complexity index is 879. The van der Waals surface area contributed by atoms with Gasteiger partial charge in [-0.1, -0.05) is 22.0 Å². The molecule has 0 aliphatic carbocycles. The van der Waals surface area contributed by atoms with Gasteiger partial charge >= 0.3 is 0 Å². The van der Waals surface area contributed by atoms with Crippen molar-refractivity contribution in [3.8, 4) is 0 Å². The topological polar surface area (TPSA) is 66.5 Å². The Hall–Kier alpha value is -1.86. The first kappa shape index (κ1) is 17.0. The molecule has 0 unspecified atom stereocenters. The number of carbonyl (C=O) groups is 1. The molecule has 1 fully saturated rings. The lowest BCUT2D eigenvalue weighted by Gasteiger charge is -2.19. The minimum absolute atomic E-state index is 0.168. The van der Waals surface area contributed by atoms with Crippen molar-refractivity contribution in [3.05, 3.63) is 58.1 Å². The number of hydrogen-bond acceptors (Lipinski definition) is 3. The summed E-state index contributed by atoms with van der Waals surface area (Å²) in [5, 5.41) is 2.86. The molecular weight excluding hydrogens is 392 g/mol. The number of halogens is 1. The van der Waals surface area contributed by atoms with Gasteiger partial charge in [0, 0.05) is 22.3 Å². The Labute approximate surface area is 149 Å². The van der Waals surface area contributed by atoms with E-state index in [-0.39, 0.29) is 11.7 Å². The van der Waals surface area contributed by atoms with Gasteiger partial charge in [-0.05, 0) is 55.3 Å². The van der Waals surface area contributed by atoms with E-state index in [0.717, 1.165) is 10.0 Å². The molecule has 0 saturated carbocycles. The van der Waals surface area contributed by atoms with E-state index in [9.17, 15) is 13.2 Å². The van der Waals surface area contributed by atoms with Gasteiger partial charge < -0.3 is 5.32 Å². The summed E-state index contributed by atoms with van der Waals surface area (Å²) in [4.78, 5) is 12.4. The van der Waals surface area contributed by atoms with E-state index < -0.39 is 10.0 Å². The van der Waals surface area contributed by atoms with E-state index in [1.54, 1.807) is 36.4 Å². The van der Waals surface area contributed by atoms with E-state index in [1.165, 1.54) is 4.31 Å². The second-order valence-corrected chi connectivity index (χ2v) is 8.63. The first-order chi connectivity index (χ1) is 11.4. The van der Waals surface area contributed by atoms with Crippen LogP contribution in [0.15, 0.2) is 46.9 Å². The predicted molar refractivity (Wildman–Crippen MR) is 99.0 cm³/mol. The Kier molecular flexibility index (Phi) is 4.64. The largest absolute Gasteiger partial charge is 0.322 e. The minimum Gasteiger partial charge on any atom is -0.322 e. The van der Waals surface area contributed by atoms with Gasteiger partial charge in [0.15, 0.2) is 0 Å². The maximum Gasteiger partial charge on any atom is 0.255 e. The van der Waals surface area contributed by atoms with Crippen LogP contribution in [0.1, 0.15) is 22.3 Å². The number of anilines is 2. The van der Waals surface area contributed by atoms with Gasteiger partial charge in [-0.3, -0.25) is 9.10 Å². The van der Waals surface area contributed by atoms with E-state index in [0.29, 0.717) is 29.9 Å². The van der Waals surface area contributed by atoms with Crippen LogP contribution in [0.4, 0.5) is 11.4 Å². The molecule has 7 heteroatoms. The van der Waals surface area contributed by atoms with Gasteiger partial charge in [-0.15, -0.1) is 0 Å². The highest BCUT2D eigenvalue weighted by Crippen LogP contribution is 2.28. The first-order valence-corrected chi connectivity index (χ1v) is 9.95. The predicted octanol–water partition coefficient (Wildman–Crippen LogP) is 3.55. The van der Waals surface area contributed by atoms with Crippen molar-refractivity contribution in [2.45, 2.75) is 13.3 Å². The van der Waals surface area contributed by atoms with Crippen LogP contribution in [0.3, 0.4) is 0 Å². The summed E-state index contributed by atoms with van der Waals surface area (Å²) in [5.41, 5.74) is 2.62. The molecule has 1 amide bonds. The maximum atomic E-state index is 12.4. The van der Waals surface area contributed by atoms with Gasteiger partial charge in [0.25, 0.3) is 5.91 Å². The summed E-state index contributed by atoms with van der Waals surface area (Å²) in [5.74, 6) is -0.0615. The standard InChI is InChI=1S/C17H17BrN2O3S/c1-12-3-8-15(20-9-2-10-24(20,22)23)11-16(12)19-17(21)13-4-6-14(18)7-5-13/h3-8,11H,2,9-10H2,1H3,(H,19,21). The van der Waals surface area contributed by atoms with Crippen molar-refractivity contribution in [1.82, 2.24) is 0 Å². The molecule has 1 aliphatic heterocycles. The monoisotopic (exact) mass is 408 g/mol. The van der Waals surface area contributed by atoms with Crippen LogP contribution in [-0.2, 0) is 10.0 Å². The summed E-state index contributed by atoms with van der Waals surface area (Å²) < 4.78 is 26.4. The lowest BCUT2D eigenvalue weighted by molar-refractivity contribution is 0.102. The van der Waals surface area contributed by atoms with Crippen molar-refractivity contribution >= 4 is 43.2 Å². The molecule has 0 atom stereocenters. The third-order valence-electron chi connectivity index (χ3n) is 3.96. The molecule has 1 N–H and O–H groups in total. The lowest BCUT2D eigenvalue weighted by atomic mass is 10.1. The molecule has 24 heavy (non-hydrogen) atoms. The summed E-state index contributed by atoms with van der Waals surface area (Å²) >= 11 is 3.34. The molecule has 0 radical (unpaired) electrons. The highest BCUT2D eigenvalue weighted by atomic mass is 79.9. The molecular formula is C17H17BrN2O3S. The number of hydrogen-bond donors (Lipinski definition) is 1. The average Bonchev–Trinajstić information content (AvgIpc) is 2.89. The Morgan fingerprint density at radius 1 is 1.17 bits per heavy atom. The number of nitrogens with one attached hydrogen (secondary N) is 1. The number of carbonyl (C=O) groups excluding carboxylic acids is 1. The Morgan fingerprint density at radius 2 is 1.88 bits per heavy atom. The van der Waals surface area contributed by atoms with E-state index >= 15 is 0 Å². The van der Waals surface area contributed by atoms with E-state index in [4.69, 9.17) is 0 Å². The van der Waals surface area contributed by atoms with Crippen LogP contribution in [0, 0.1) is 6.92 Å². The van der Waals surface area contributed by atoms with Crippen LogP contribution in [-0.4, -0.2) is 26.6 Å². The van der Waals surface area contributed by atoms with Crippen molar-refractivity contribution < 1.29 is 13.2 Å². The van der Waals surface area contributed by atoms with Gasteiger partial charge in [-0.25, -0.2) is 8.42 Å². The number of sulfonamides is 1. The summed E-state index contributed by atoms with van der Waals surface area (Å²) in [6, 6.07) is 12.4. The SMILES string of the molecule is Cc1ccc(N2CCCS2(=O)=O)cc1NC(=O)c1ccc(Br)cc1. The normalized spacial score (nSPS) is 16.2. The molecule has 1 saturated heterocycles. The van der Waals surface area contributed by atoms with Crippen LogP contribution >= 0.6 is 15.9 Å². The number of aryl methyl sites for hydroxylation is 1. The second-order valence-electron chi connectivity index (χ2n) is 5.70. The molecule has 0 spiro atoms. The zero-order valence-electron chi connectivity index (χ0n) is 13.1. The van der Waals surface area contributed by atoms with Crippen LogP contribution < -0.4 is 9.62 Å². The van der Waals surface area contributed by atoms with Crippen LogP contribution in [0.2, 0.25) is 0 Å². The number of nitrogens with zero attached hydrogens (tertiary/aromatic N) is 1. The molecule has 2 aromatic carbocycles. The number of amides is 1. The van der Waals surface area contributed by atoms with E-state index in [1.807, 2.05) is 13.0 Å². The van der Waals surface area contributed by atoms with E-state index in [2.05, 4.69) is 21.2 Å². The zero-order chi connectivity index (χ0) is 17.3. The summed E-state index contributed by atoms with van der Waals surface area (Å²) in [6.45, 7) is 2.35. The van der Waals surface area contributed by atoms with Crippen LogP contribution in [0.5, 0.6) is 0 Å². The molecule has 0 bridgehead atoms. The van der Waals surface area contributed by atoms with Gasteiger partial charge in [0.2, 0.25) is 10.0 Å². The first-order valence-electron chi connectivity index (χ1n) is 7.55. The molecule has 2 aromatic rings. The second kappa shape index (κ2) is 6.57. The molecule has 1 aliphatic rings. The van der Waals surface area contributed by atoms with Gasteiger partial charge in [0.1, 0.15) is 0 Å². The fourth-order valence-electron chi connectivity index (χ4n) is 2.63. The fourth-order valence-corrected chi connectivity index (χ4v) is 4.45. The van der Waals surface area contributed by atoms with Gasteiger partial charge in [0.05, 0.1) is 11.4 Å². The molecule has 1 heterocycles. The third kappa shape index (κ3) is 3.47. The highest BCUT2D eigenvalue weighted by Gasteiger charge is 2.28. The van der Waals surface area contributed by atoms with Gasteiger partial charge in [-0.2, -0.15) is 0 Å². The number of rotatable bonds is 3. The van der Waals surface area contributed by atoms with Crippen molar-refractivity contribution in [2.75, 3.05) is 21.9 Å². The number of benzene rings is 2. The molecule has 0 aromatic heterocycles. The molecule has 5 nitrogen and oxygen atoms in total. The van der Waals surface area contributed by atoms with Crippen LogP contribution in [0.25, 0.3) is 0 Å². The smallest absolute Gasteiger partial charge is 0.255 e. The average molecular weight is 409 g/mol. The fraction of sp³-hybridized carbons (Fsp3) is 0.235. The Balaban J connectivity index is 1.87. The molecule has 3 rings (SSSR count). The summed E-state index contributed by atoms with van der Waals surface area (Å²) in [7, 11) is -3.24. The van der Waals surface area contributed by atoms with Crippen molar-refractivity contribution in [2.24, 2.45) is 0 Å².